The van der Waals surface area contributed by atoms with Crippen molar-refractivity contribution in [2.24, 2.45) is 5.92 Å². The average Bonchev–Trinajstić information content (AvgIpc) is 2.89. The fourth-order valence-corrected chi connectivity index (χ4v) is 3.54. The molecule has 0 bridgehead atoms. The molecule has 0 amide bonds. The van der Waals surface area contributed by atoms with E-state index >= 15 is 0 Å². The predicted octanol–water partition coefficient (Wildman–Crippen LogP) is 4.85. The van der Waals surface area contributed by atoms with Gasteiger partial charge in [0.2, 0.25) is 0 Å². The Kier molecular flexibility index (Phi) is 6.16. The standard InChI is InChI=1S/C16H23Cl2NO/c1-3-8-19-16(13-7-9-20-15(13)4-2)12-6-5-11(17)10-14(12)18/h5-6,10,13,15-16,19H,3-4,7-9H2,1-2H3. The zero-order valence-corrected chi connectivity index (χ0v) is 13.7. The summed E-state index contributed by atoms with van der Waals surface area (Å²) in [6.07, 6.45) is 3.54. The van der Waals surface area contributed by atoms with Crippen LogP contribution in [0.5, 0.6) is 0 Å². The molecule has 0 spiro atoms. The number of nitrogens with one attached hydrogen (secondary N) is 1. The van der Waals surface area contributed by atoms with Crippen molar-refractivity contribution in [1.82, 2.24) is 5.32 Å². The van der Waals surface area contributed by atoms with Crippen LogP contribution in [0, 0.1) is 5.92 Å². The van der Waals surface area contributed by atoms with Gasteiger partial charge < -0.3 is 10.1 Å². The van der Waals surface area contributed by atoms with E-state index in [9.17, 15) is 0 Å². The van der Waals surface area contributed by atoms with E-state index in [2.05, 4.69) is 19.2 Å². The van der Waals surface area contributed by atoms with Gasteiger partial charge in [0, 0.05) is 28.6 Å². The van der Waals surface area contributed by atoms with Gasteiger partial charge in [-0.05, 0) is 43.5 Å². The van der Waals surface area contributed by atoms with Gasteiger partial charge in [0.15, 0.2) is 0 Å². The van der Waals surface area contributed by atoms with Gasteiger partial charge >= 0.3 is 0 Å². The number of benzene rings is 1. The summed E-state index contributed by atoms with van der Waals surface area (Å²) < 4.78 is 5.85. The van der Waals surface area contributed by atoms with Gasteiger partial charge in [0.1, 0.15) is 0 Å². The Morgan fingerprint density at radius 1 is 1.35 bits per heavy atom. The molecule has 1 aromatic rings. The van der Waals surface area contributed by atoms with Gasteiger partial charge in [-0.25, -0.2) is 0 Å². The molecular weight excluding hydrogens is 293 g/mol. The molecule has 1 N–H and O–H groups in total. The molecule has 1 heterocycles. The molecule has 0 aliphatic carbocycles. The molecule has 1 fully saturated rings. The average molecular weight is 316 g/mol. The minimum atomic E-state index is 0.243. The van der Waals surface area contributed by atoms with Crippen LogP contribution in [0.4, 0.5) is 0 Å². The number of hydrogen-bond acceptors (Lipinski definition) is 2. The van der Waals surface area contributed by atoms with Crippen molar-refractivity contribution < 1.29 is 4.74 Å². The molecule has 1 aliphatic rings. The Hall–Kier alpha value is -0.280. The predicted molar refractivity (Wildman–Crippen MR) is 85.6 cm³/mol. The smallest absolute Gasteiger partial charge is 0.0619 e. The Labute approximate surface area is 131 Å². The van der Waals surface area contributed by atoms with Gasteiger partial charge in [-0.2, -0.15) is 0 Å². The van der Waals surface area contributed by atoms with Crippen molar-refractivity contribution in [2.75, 3.05) is 13.2 Å². The fourth-order valence-electron chi connectivity index (χ4n) is 3.01. The second-order valence-electron chi connectivity index (χ2n) is 5.37. The van der Waals surface area contributed by atoms with Crippen LogP contribution < -0.4 is 5.32 Å². The molecule has 3 atom stereocenters. The quantitative estimate of drug-likeness (QED) is 0.810. The minimum absolute atomic E-state index is 0.243. The molecule has 20 heavy (non-hydrogen) atoms. The van der Waals surface area contributed by atoms with E-state index < -0.39 is 0 Å². The summed E-state index contributed by atoms with van der Waals surface area (Å²) in [5.74, 6) is 0.477. The molecule has 112 valence electrons. The molecule has 1 aromatic carbocycles. The Balaban J connectivity index is 2.26. The molecule has 4 heteroatoms. The van der Waals surface area contributed by atoms with E-state index in [0.29, 0.717) is 17.0 Å². The summed E-state index contributed by atoms with van der Waals surface area (Å²) in [6, 6.07) is 6.03. The highest BCUT2D eigenvalue weighted by atomic mass is 35.5. The summed E-state index contributed by atoms with van der Waals surface area (Å²) in [4.78, 5) is 0. The first-order chi connectivity index (χ1) is 9.67. The van der Waals surface area contributed by atoms with Crippen LogP contribution in [0.15, 0.2) is 18.2 Å². The number of hydrogen-bond donors (Lipinski definition) is 1. The highest BCUT2D eigenvalue weighted by Crippen LogP contribution is 2.38. The largest absolute Gasteiger partial charge is 0.378 e. The number of ether oxygens (including phenoxy) is 1. The SMILES string of the molecule is CCCNC(c1ccc(Cl)cc1Cl)C1CCOC1CC. The van der Waals surface area contributed by atoms with Crippen LogP contribution >= 0.6 is 23.2 Å². The summed E-state index contributed by atoms with van der Waals surface area (Å²) >= 11 is 12.4. The summed E-state index contributed by atoms with van der Waals surface area (Å²) in [7, 11) is 0. The Bertz CT molecular complexity index is 438. The van der Waals surface area contributed by atoms with Crippen molar-refractivity contribution in [3.63, 3.8) is 0 Å². The fraction of sp³-hybridized carbons (Fsp3) is 0.625. The van der Waals surface area contributed by atoms with E-state index in [1.165, 1.54) is 0 Å². The molecule has 1 saturated heterocycles. The molecule has 0 radical (unpaired) electrons. The first-order valence-electron chi connectivity index (χ1n) is 7.47. The molecule has 2 nitrogen and oxygen atoms in total. The number of halogens is 2. The third-order valence-corrected chi connectivity index (χ3v) is 4.57. The minimum Gasteiger partial charge on any atom is -0.378 e. The highest BCUT2D eigenvalue weighted by Gasteiger charge is 2.35. The van der Waals surface area contributed by atoms with Crippen LogP contribution in [0.2, 0.25) is 10.0 Å². The lowest BCUT2D eigenvalue weighted by atomic mass is 9.86. The van der Waals surface area contributed by atoms with Gasteiger partial charge in [-0.3, -0.25) is 0 Å². The first-order valence-corrected chi connectivity index (χ1v) is 8.22. The van der Waals surface area contributed by atoms with Crippen molar-refractivity contribution in [3.05, 3.63) is 33.8 Å². The van der Waals surface area contributed by atoms with Crippen molar-refractivity contribution in [2.45, 2.75) is 45.3 Å². The second kappa shape index (κ2) is 7.65. The Morgan fingerprint density at radius 2 is 2.15 bits per heavy atom. The molecule has 2 rings (SSSR count). The summed E-state index contributed by atoms with van der Waals surface area (Å²) in [6.45, 7) is 6.19. The van der Waals surface area contributed by atoms with E-state index in [0.717, 1.165) is 43.0 Å². The van der Waals surface area contributed by atoms with Gasteiger partial charge in [-0.15, -0.1) is 0 Å². The van der Waals surface area contributed by atoms with E-state index in [-0.39, 0.29) is 6.04 Å². The lowest BCUT2D eigenvalue weighted by Gasteiger charge is -2.29. The Morgan fingerprint density at radius 3 is 2.80 bits per heavy atom. The summed E-state index contributed by atoms with van der Waals surface area (Å²) in [5, 5.41) is 5.07. The van der Waals surface area contributed by atoms with Gasteiger partial charge in [0.25, 0.3) is 0 Å². The second-order valence-corrected chi connectivity index (χ2v) is 6.21. The lowest BCUT2D eigenvalue weighted by molar-refractivity contribution is 0.0774. The molecule has 0 saturated carbocycles. The third kappa shape index (κ3) is 3.67. The van der Waals surface area contributed by atoms with Crippen LogP contribution in [-0.2, 0) is 4.74 Å². The monoisotopic (exact) mass is 315 g/mol. The van der Waals surface area contributed by atoms with Crippen LogP contribution in [0.1, 0.15) is 44.7 Å². The lowest BCUT2D eigenvalue weighted by Crippen LogP contribution is -2.33. The van der Waals surface area contributed by atoms with Crippen LogP contribution in [0.3, 0.4) is 0 Å². The topological polar surface area (TPSA) is 21.3 Å². The normalized spacial score (nSPS) is 24.0. The van der Waals surface area contributed by atoms with Crippen molar-refractivity contribution in [3.8, 4) is 0 Å². The third-order valence-electron chi connectivity index (χ3n) is 4.00. The maximum absolute atomic E-state index is 6.41. The molecule has 3 unspecified atom stereocenters. The van der Waals surface area contributed by atoms with E-state index in [4.69, 9.17) is 27.9 Å². The maximum atomic E-state index is 6.41. The molecular formula is C16H23Cl2NO. The van der Waals surface area contributed by atoms with Crippen molar-refractivity contribution >= 4 is 23.2 Å². The zero-order chi connectivity index (χ0) is 14.5. The molecule has 1 aliphatic heterocycles. The first kappa shape index (κ1) is 16.1. The van der Waals surface area contributed by atoms with Crippen LogP contribution in [0.25, 0.3) is 0 Å². The van der Waals surface area contributed by atoms with E-state index in [1.54, 1.807) is 0 Å². The summed E-state index contributed by atoms with van der Waals surface area (Å²) in [5.41, 5.74) is 1.14. The van der Waals surface area contributed by atoms with Crippen LogP contribution in [-0.4, -0.2) is 19.3 Å². The number of rotatable bonds is 6. The van der Waals surface area contributed by atoms with Gasteiger partial charge in [0.05, 0.1) is 6.10 Å². The molecule has 0 aromatic heterocycles. The van der Waals surface area contributed by atoms with E-state index in [1.807, 2.05) is 18.2 Å². The van der Waals surface area contributed by atoms with Crippen molar-refractivity contribution in [1.29, 1.82) is 0 Å². The maximum Gasteiger partial charge on any atom is 0.0619 e. The zero-order valence-electron chi connectivity index (χ0n) is 12.2. The van der Waals surface area contributed by atoms with Gasteiger partial charge in [-0.1, -0.05) is 43.1 Å². The highest BCUT2D eigenvalue weighted by molar-refractivity contribution is 6.35.